The minimum Gasteiger partial charge on any atom is -0.355 e. The van der Waals surface area contributed by atoms with E-state index in [2.05, 4.69) is 62.7 Å². The highest BCUT2D eigenvalue weighted by Gasteiger charge is 2.02. The first-order valence-electron chi connectivity index (χ1n) is 7.61. The number of hydrogen-bond donors (Lipinski definition) is 3. The maximum Gasteiger partial charge on any atom is 0.0485 e. The van der Waals surface area contributed by atoms with E-state index >= 15 is 0 Å². The van der Waals surface area contributed by atoms with Gasteiger partial charge in [0.2, 0.25) is 0 Å². The van der Waals surface area contributed by atoms with Gasteiger partial charge < -0.3 is 10.4 Å². The van der Waals surface area contributed by atoms with Crippen LogP contribution >= 0.6 is 15.9 Å². The van der Waals surface area contributed by atoms with Crippen molar-refractivity contribution in [1.82, 2.24) is 4.98 Å². The molecule has 0 aliphatic rings. The summed E-state index contributed by atoms with van der Waals surface area (Å²) in [5.41, 5.74) is 7.00. The molecule has 120 valence electrons. The Morgan fingerprint density at radius 3 is 2.21 bits per heavy atom. The number of aromatic nitrogens is 1. The Morgan fingerprint density at radius 2 is 1.54 bits per heavy atom. The van der Waals surface area contributed by atoms with E-state index < -0.39 is 0 Å². The Hall–Kier alpha value is -2.56. The molecule has 0 bridgehead atoms. The Morgan fingerprint density at radius 1 is 0.792 bits per heavy atom. The number of nitrogens with two attached hydrogens (primary N) is 1. The molecule has 4 N–H and O–H groups in total. The van der Waals surface area contributed by atoms with Crippen molar-refractivity contribution >= 4 is 32.5 Å². The van der Waals surface area contributed by atoms with Gasteiger partial charge in [0.15, 0.2) is 0 Å². The molecule has 0 saturated carbocycles. The molecule has 0 spiro atoms. The highest BCUT2D eigenvalue weighted by Crippen LogP contribution is 2.25. The number of anilines is 1. The third-order valence-electron chi connectivity index (χ3n) is 3.61. The van der Waals surface area contributed by atoms with Crippen molar-refractivity contribution in [2.75, 3.05) is 5.43 Å². The first-order chi connectivity index (χ1) is 11.8. The molecular formula is C20H18BrN3. The van der Waals surface area contributed by atoms with Gasteiger partial charge in [-0.05, 0) is 42.0 Å². The maximum atomic E-state index is 5.10. The molecule has 0 aliphatic carbocycles. The summed E-state index contributed by atoms with van der Waals surface area (Å²) in [6.07, 6.45) is 0. The molecule has 0 unspecified atom stereocenters. The van der Waals surface area contributed by atoms with E-state index in [1.807, 2.05) is 48.5 Å². The van der Waals surface area contributed by atoms with Crippen molar-refractivity contribution in [2.24, 2.45) is 5.84 Å². The number of nitrogen functional groups attached to an aromatic ring is 1. The van der Waals surface area contributed by atoms with Crippen molar-refractivity contribution < 1.29 is 0 Å². The van der Waals surface area contributed by atoms with Crippen LogP contribution in [0.3, 0.4) is 0 Å². The molecule has 4 rings (SSSR count). The molecule has 0 amide bonds. The van der Waals surface area contributed by atoms with Gasteiger partial charge in [-0.1, -0.05) is 64.5 Å². The molecule has 0 fully saturated rings. The summed E-state index contributed by atoms with van der Waals surface area (Å²) in [7, 11) is 0. The summed E-state index contributed by atoms with van der Waals surface area (Å²) in [5.74, 6) is 5.10. The molecule has 0 radical (unpaired) electrons. The molecule has 4 aromatic rings. The SMILES string of the molecule is Brc1cccc(-c2cc3ccccc3[nH]2)c1.NNc1ccccc1. The molecule has 4 heteroatoms. The topological polar surface area (TPSA) is 53.8 Å². The lowest BCUT2D eigenvalue weighted by Crippen LogP contribution is -2.05. The van der Waals surface area contributed by atoms with Gasteiger partial charge in [0.05, 0.1) is 0 Å². The van der Waals surface area contributed by atoms with Crippen molar-refractivity contribution in [3.05, 3.63) is 89.4 Å². The summed E-state index contributed by atoms with van der Waals surface area (Å²) >= 11 is 3.49. The van der Waals surface area contributed by atoms with Gasteiger partial charge >= 0.3 is 0 Å². The van der Waals surface area contributed by atoms with Crippen LogP contribution < -0.4 is 11.3 Å². The fraction of sp³-hybridized carbons (Fsp3) is 0. The van der Waals surface area contributed by atoms with Crippen molar-refractivity contribution in [3.8, 4) is 11.3 Å². The minimum absolute atomic E-state index is 0.938. The predicted octanol–water partition coefficient (Wildman–Crippen LogP) is 5.57. The number of fused-ring (bicyclic) bond motifs is 1. The summed E-state index contributed by atoms with van der Waals surface area (Å²) in [6.45, 7) is 0. The van der Waals surface area contributed by atoms with Gasteiger partial charge in [-0.2, -0.15) is 0 Å². The van der Waals surface area contributed by atoms with Crippen LogP contribution in [0.4, 0.5) is 5.69 Å². The van der Waals surface area contributed by atoms with Crippen LogP contribution in [0.2, 0.25) is 0 Å². The van der Waals surface area contributed by atoms with E-state index in [4.69, 9.17) is 5.84 Å². The molecule has 0 aliphatic heterocycles. The average Bonchev–Trinajstić information content (AvgIpc) is 3.07. The van der Waals surface area contributed by atoms with E-state index in [1.165, 1.54) is 16.5 Å². The fourth-order valence-electron chi connectivity index (χ4n) is 2.42. The normalized spacial score (nSPS) is 10.1. The average molecular weight is 380 g/mol. The zero-order chi connectivity index (χ0) is 16.8. The van der Waals surface area contributed by atoms with E-state index in [0.29, 0.717) is 0 Å². The fourth-order valence-corrected chi connectivity index (χ4v) is 2.82. The number of H-pyrrole nitrogens is 1. The maximum absolute atomic E-state index is 5.10. The Balaban J connectivity index is 0.000000179. The monoisotopic (exact) mass is 379 g/mol. The van der Waals surface area contributed by atoms with E-state index in [1.54, 1.807) is 0 Å². The molecule has 3 aromatic carbocycles. The van der Waals surface area contributed by atoms with Gasteiger partial charge in [-0.15, -0.1) is 0 Å². The largest absolute Gasteiger partial charge is 0.355 e. The second-order valence-corrected chi connectivity index (χ2v) is 6.21. The van der Waals surface area contributed by atoms with Crippen molar-refractivity contribution in [3.63, 3.8) is 0 Å². The number of halogens is 1. The number of aromatic amines is 1. The lowest BCUT2D eigenvalue weighted by Gasteiger charge is -1.97. The predicted molar refractivity (Wildman–Crippen MR) is 106 cm³/mol. The highest BCUT2D eigenvalue weighted by atomic mass is 79.9. The summed E-state index contributed by atoms with van der Waals surface area (Å²) < 4.78 is 1.10. The van der Waals surface area contributed by atoms with Gasteiger partial charge in [0.25, 0.3) is 0 Å². The van der Waals surface area contributed by atoms with E-state index in [0.717, 1.165) is 15.9 Å². The molecule has 1 heterocycles. The lowest BCUT2D eigenvalue weighted by molar-refractivity contribution is 1.35. The second-order valence-electron chi connectivity index (χ2n) is 5.29. The van der Waals surface area contributed by atoms with Crippen LogP contribution in [0.25, 0.3) is 22.2 Å². The quantitative estimate of drug-likeness (QED) is 0.315. The third kappa shape index (κ3) is 4.04. The van der Waals surface area contributed by atoms with E-state index in [9.17, 15) is 0 Å². The number of hydrazine groups is 1. The van der Waals surface area contributed by atoms with Crippen LogP contribution in [0.15, 0.2) is 89.4 Å². The lowest BCUT2D eigenvalue weighted by atomic mass is 10.1. The second kappa shape index (κ2) is 7.81. The summed E-state index contributed by atoms with van der Waals surface area (Å²) in [5, 5.41) is 1.25. The first-order valence-corrected chi connectivity index (χ1v) is 8.41. The van der Waals surface area contributed by atoms with Gasteiger partial charge in [-0.3, -0.25) is 5.84 Å². The van der Waals surface area contributed by atoms with E-state index in [-0.39, 0.29) is 0 Å². The molecular weight excluding hydrogens is 362 g/mol. The van der Waals surface area contributed by atoms with Crippen LogP contribution in [-0.4, -0.2) is 4.98 Å². The molecule has 1 aromatic heterocycles. The molecule has 0 saturated heterocycles. The molecule has 3 nitrogen and oxygen atoms in total. The van der Waals surface area contributed by atoms with Crippen LogP contribution in [0.5, 0.6) is 0 Å². The number of rotatable bonds is 2. The molecule has 24 heavy (non-hydrogen) atoms. The first kappa shape index (κ1) is 16.3. The molecule has 0 atom stereocenters. The van der Waals surface area contributed by atoms with Gasteiger partial charge in [0, 0.05) is 26.8 Å². The Labute approximate surface area is 149 Å². The number of hydrogen-bond acceptors (Lipinski definition) is 2. The standard InChI is InChI=1S/C14H10BrN.C6H8N2/c15-12-6-3-5-10(8-12)14-9-11-4-1-2-7-13(11)16-14;7-8-6-4-2-1-3-5-6/h1-9,16H;1-5,8H,7H2. The minimum atomic E-state index is 0.938. The van der Waals surface area contributed by atoms with Crippen LogP contribution in [0, 0.1) is 0 Å². The number of benzene rings is 3. The highest BCUT2D eigenvalue weighted by molar-refractivity contribution is 9.10. The van der Waals surface area contributed by atoms with Crippen LogP contribution in [0.1, 0.15) is 0 Å². The zero-order valence-corrected chi connectivity index (χ0v) is 14.6. The van der Waals surface area contributed by atoms with Gasteiger partial charge in [-0.25, -0.2) is 0 Å². The smallest absolute Gasteiger partial charge is 0.0485 e. The third-order valence-corrected chi connectivity index (χ3v) is 4.10. The van der Waals surface area contributed by atoms with Crippen LogP contribution in [-0.2, 0) is 0 Å². The Kier molecular flexibility index (Phi) is 5.31. The zero-order valence-electron chi connectivity index (χ0n) is 13.0. The van der Waals surface area contributed by atoms with Crippen molar-refractivity contribution in [1.29, 1.82) is 0 Å². The van der Waals surface area contributed by atoms with Gasteiger partial charge in [0.1, 0.15) is 0 Å². The summed E-state index contributed by atoms with van der Waals surface area (Å²) in [4.78, 5) is 3.42. The summed E-state index contributed by atoms with van der Waals surface area (Å²) in [6, 6.07) is 28.4. The number of nitrogens with one attached hydrogen (secondary N) is 2. The Bertz CT molecular complexity index is 883. The number of para-hydroxylation sites is 2. The van der Waals surface area contributed by atoms with Crippen molar-refractivity contribution in [2.45, 2.75) is 0 Å².